The number of ether oxygens (including phenoxy) is 3. The molecule has 2 aromatic rings. The minimum atomic E-state index is -0.579. The standard InChI is InChI=1S/C21H23N3O5S/c1-27-13-8-10(9-14(28-2)18(13)29-3)15-16-11(6-5-7-12(16)25)22-19-17(15)20(26)24-21(23-19)30-4/h8-9,15H,5-7H2,1-4H3,(H2,22,23,24,26)/t15-/m0/s1. The van der Waals surface area contributed by atoms with E-state index in [1.54, 1.807) is 12.1 Å². The maximum atomic E-state index is 13.1. The first-order valence-electron chi connectivity index (χ1n) is 9.53. The van der Waals surface area contributed by atoms with Crippen LogP contribution in [0.25, 0.3) is 0 Å². The molecule has 1 aliphatic heterocycles. The largest absolute Gasteiger partial charge is 0.493 e. The highest BCUT2D eigenvalue weighted by Gasteiger charge is 2.38. The van der Waals surface area contributed by atoms with E-state index in [9.17, 15) is 9.59 Å². The molecule has 4 rings (SSSR count). The van der Waals surface area contributed by atoms with Gasteiger partial charge in [0.15, 0.2) is 22.4 Å². The summed E-state index contributed by atoms with van der Waals surface area (Å²) >= 11 is 1.35. The van der Waals surface area contributed by atoms with Crippen LogP contribution in [0.5, 0.6) is 17.2 Å². The number of benzene rings is 1. The summed E-state index contributed by atoms with van der Waals surface area (Å²) < 4.78 is 16.4. The van der Waals surface area contributed by atoms with Gasteiger partial charge in [-0.25, -0.2) is 4.98 Å². The lowest BCUT2D eigenvalue weighted by atomic mass is 9.76. The van der Waals surface area contributed by atoms with Gasteiger partial charge in [-0.3, -0.25) is 9.59 Å². The van der Waals surface area contributed by atoms with Crippen LogP contribution in [0.4, 0.5) is 5.82 Å². The van der Waals surface area contributed by atoms with Gasteiger partial charge in [-0.05, 0) is 36.8 Å². The molecule has 0 fully saturated rings. The average Bonchev–Trinajstić information content (AvgIpc) is 2.76. The number of nitrogens with one attached hydrogen (secondary N) is 2. The van der Waals surface area contributed by atoms with E-state index in [0.717, 1.165) is 18.5 Å². The van der Waals surface area contributed by atoms with E-state index in [2.05, 4.69) is 15.3 Å². The number of aromatic amines is 1. The molecule has 2 N–H and O–H groups in total. The Hall–Kier alpha value is -2.94. The summed E-state index contributed by atoms with van der Waals surface area (Å²) in [5.41, 5.74) is 2.27. The smallest absolute Gasteiger partial charge is 0.257 e. The Morgan fingerprint density at radius 2 is 1.77 bits per heavy atom. The van der Waals surface area contributed by atoms with Crippen LogP contribution in [0.3, 0.4) is 0 Å². The zero-order chi connectivity index (χ0) is 21.4. The van der Waals surface area contributed by atoms with Crippen molar-refractivity contribution in [1.82, 2.24) is 9.97 Å². The van der Waals surface area contributed by atoms with Crippen LogP contribution >= 0.6 is 11.8 Å². The lowest BCUT2D eigenvalue weighted by molar-refractivity contribution is -0.116. The van der Waals surface area contributed by atoms with Crippen molar-refractivity contribution in [1.29, 1.82) is 0 Å². The molecule has 1 aromatic carbocycles. The Kier molecular flexibility index (Phi) is 5.46. The van der Waals surface area contributed by atoms with Crippen LogP contribution in [0.1, 0.15) is 36.3 Å². The molecule has 8 nitrogen and oxygen atoms in total. The molecule has 0 spiro atoms. The third-order valence-electron chi connectivity index (χ3n) is 5.45. The number of aromatic nitrogens is 2. The van der Waals surface area contributed by atoms with E-state index < -0.39 is 5.92 Å². The molecule has 1 atom stereocenters. The van der Waals surface area contributed by atoms with E-state index in [4.69, 9.17) is 14.2 Å². The SMILES string of the molecule is COc1cc([C@H]2C3=C(CCCC3=O)Nc3nc(SC)[nH]c(=O)c32)cc(OC)c1OC. The summed E-state index contributed by atoms with van der Waals surface area (Å²) in [5.74, 6) is 1.30. The van der Waals surface area contributed by atoms with E-state index in [1.165, 1.54) is 33.1 Å². The van der Waals surface area contributed by atoms with E-state index in [0.29, 0.717) is 51.3 Å². The normalized spacial score (nSPS) is 17.7. The van der Waals surface area contributed by atoms with E-state index in [1.807, 2.05) is 6.26 Å². The van der Waals surface area contributed by atoms with Gasteiger partial charge >= 0.3 is 0 Å². The molecule has 158 valence electrons. The van der Waals surface area contributed by atoms with Crippen LogP contribution < -0.4 is 25.1 Å². The second-order valence-electron chi connectivity index (χ2n) is 7.02. The molecule has 0 saturated heterocycles. The van der Waals surface area contributed by atoms with Gasteiger partial charge < -0.3 is 24.5 Å². The first-order valence-corrected chi connectivity index (χ1v) is 10.8. The van der Waals surface area contributed by atoms with Crippen molar-refractivity contribution in [3.05, 3.63) is 44.9 Å². The van der Waals surface area contributed by atoms with Crippen molar-refractivity contribution in [3.63, 3.8) is 0 Å². The van der Waals surface area contributed by atoms with Crippen molar-refractivity contribution in [2.45, 2.75) is 30.3 Å². The molecule has 9 heteroatoms. The van der Waals surface area contributed by atoms with Gasteiger partial charge in [-0.1, -0.05) is 11.8 Å². The molecule has 2 aliphatic rings. The summed E-state index contributed by atoms with van der Waals surface area (Å²) in [7, 11) is 4.60. The Labute approximate surface area is 178 Å². The number of ketones is 1. The summed E-state index contributed by atoms with van der Waals surface area (Å²) in [6.45, 7) is 0. The second-order valence-corrected chi connectivity index (χ2v) is 7.82. The second kappa shape index (κ2) is 8.06. The molecule has 0 bridgehead atoms. The molecule has 0 saturated carbocycles. The van der Waals surface area contributed by atoms with Crippen molar-refractivity contribution < 1.29 is 19.0 Å². The van der Waals surface area contributed by atoms with Gasteiger partial charge in [-0.2, -0.15) is 0 Å². The Morgan fingerprint density at radius 3 is 2.37 bits per heavy atom. The van der Waals surface area contributed by atoms with Crippen LogP contribution in [0, 0.1) is 0 Å². The summed E-state index contributed by atoms with van der Waals surface area (Å²) in [4.78, 5) is 33.4. The summed E-state index contributed by atoms with van der Waals surface area (Å²) in [5, 5.41) is 3.77. The predicted octanol–water partition coefficient (Wildman–Crippen LogP) is 3.08. The van der Waals surface area contributed by atoms with Crippen LogP contribution in [0.15, 0.2) is 33.4 Å². The highest BCUT2D eigenvalue weighted by atomic mass is 32.2. The molecule has 0 amide bonds. The summed E-state index contributed by atoms with van der Waals surface area (Å²) in [6, 6.07) is 3.57. The lowest BCUT2D eigenvalue weighted by Gasteiger charge is -2.33. The number of nitrogens with zero attached hydrogens (tertiary/aromatic N) is 1. The molecule has 0 unspecified atom stereocenters. The average molecular weight is 429 g/mol. The van der Waals surface area contributed by atoms with Gasteiger partial charge in [0.25, 0.3) is 5.56 Å². The number of allylic oxidation sites excluding steroid dienone is 2. The zero-order valence-corrected chi connectivity index (χ0v) is 18.1. The molecule has 30 heavy (non-hydrogen) atoms. The lowest BCUT2D eigenvalue weighted by Crippen LogP contribution is -2.32. The van der Waals surface area contributed by atoms with Gasteiger partial charge in [0, 0.05) is 23.6 Å². The molecular formula is C21H23N3O5S. The first kappa shape index (κ1) is 20.3. The van der Waals surface area contributed by atoms with E-state index >= 15 is 0 Å². The van der Waals surface area contributed by atoms with Crippen molar-refractivity contribution in [2.75, 3.05) is 32.9 Å². The third-order valence-corrected chi connectivity index (χ3v) is 6.03. The fourth-order valence-corrected chi connectivity index (χ4v) is 4.52. The molecular weight excluding hydrogens is 406 g/mol. The fourth-order valence-electron chi connectivity index (χ4n) is 4.14. The number of methoxy groups -OCH3 is 3. The van der Waals surface area contributed by atoms with Gasteiger partial charge in [0.2, 0.25) is 5.75 Å². The monoisotopic (exact) mass is 429 g/mol. The Bertz CT molecular complexity index is 1080. The quantitative estimate of drug-likeness (QED) is 0.552. The van der Waals surface area contributed by atoms with Crippen LogP contribution in [-0.2, 0) is 4.79 Å². The molecule has 1 aliphatic carbocycles. The molecule has 2 heterocycles. The minimum absolute atomic E-state index is 0.0292. The Morgan fingerprint density at radius 1 is 1.07 bits per heavy atom. The van der Waals surface area contributed by atoms with Gasteiger partial charge in [-0.15, -0.1) is 0 Å². The van der Waals surface area contributed by atoms with E-state index in [-0.39, 0.29) is 11.3 Å². The number of thioether (sulfide) groups is 1. The zero-order valence-electron chi connectivity index (χ0n) is 17.3. The Balaban J connectivity index is 2.01. The van der Waals surface area contributed by atoms with Crippen molar-refractivity contribution in [3.8, 4) is 17.2 Å². The maximum Gasteiger partial charge on any atom is 0.257 e. The number of anilines is 1. The highest BCUT2D eigenvalue weighted by molar-refractivity contribution is 7.98. The number of rotatable bonds is 5. The number of fused-ring (bicyclic) bond motifs is 1. The number of carbonyl (C=O) groups is 1. The minimum Gasteiger partial charge on any atom is -0.493 e. The van der Waals surface area contributed by atoms with Gasteiger partial charge in [0.1, 0.15) is 5.82 Å². The fraction of sp³-hybridized carbons (Fsp3) is 0.381. The van der Waals surface area contributed by atoms with Gasteiger partial charge in [0.05, 0.1) is 26.9 Å². The van der Waals surface area contributed by atoms with Crippen LogP contribution in [0.2, 0.25) is 0 Å². The number of H-pyrrole nitrogens is 1. The number of hydrogen-bond acceptors (Lipinski definition) is 8. The van der Waals surface area contributed by atoms with Crippen molar-refractivity contribution >= 4 is 23.4 Å². The predicted molar refractivity (Wildman–Crippen MR) is 114 cm³/mol. The molecule has 1 aromatic heterocycles. The number of hydrogen-bond donors (Lipinski definition) is 2. The number of Topliss-reactive ketones (excluding diaryl/α,β-unsaturated/α-hetero) is 1. The van der Waals surface area contributed by atoms with Crippen molar-refractivity contribution in [2.24, 2.45) is 0 Å². The topological polar surface area (TPSA) is 103 Å². The first-order chi connectivity index (χ1) is 14.5. The van der Waals surface area contributed by atoms with Crippen LogP contribution in [-0.4, -0.2) is 43.3 Å². The number of carbonyl (C=O) groups excluding carboxylic acids is 1. The third kappa shape index (κ3) is 3.23. The maximum absolute atomic E-state index is 13.1. The highest BCUT2D eigenvalue weighted by Crippen LogP contribution is 2.47. The summed E-state index contributed by atoms with van der Waals surface area (Å²) in [6.07, 6.45) is 3.79. The molecule has 0 radical (unpaired) electrons.